The Hall–Kier alpha value is -1.73. The number of aromatic hydroxyl groups is 1. The van der Waals surface area contributed by atoms with Gasteiger partial charge in [0.25, 0.3) is 0 Å². The molecule has 0 radical (unpaired) electrons. The van der Waals surface area contributed by atoms with Gasteiger partial charge in [0.15, 0.2) is 0 Å². The van der Waals surface area contributed by atoms with E-state index in [-0.39, 0.29) is 0 Å². The Morgan fingerprint density at radius 1 is 1.00 bits per heavy atom. The van der Waals surface area contributed by atoms with Crippen LogP contribution in [0, 0.1) is 3.82 Å². The van der Waals surface area contributed by atoms with Crippen molar-refractivity contribution in [3.05, 3.63) is 63.5 Å². The molecule has 0 bridgehead atoms. The van der Waals surface area contributed by atoms with Crippen molar-refractivity contribution in [2.45, 2.75) is 26.3 Å². The molecule has 29 heavy (non-hydrogen) atoms. The third-order valence-electron chi connectivity index (χ3n) is 5.45. The third kappa shape index (κ3) is 4.72. The lowest BCUT2D eigenvalue weighted by atomic mass is 10.0. The maximum atomic E-state index is 10.5. The Bertz CT molecular complexity index is 1000. The standard InChI is InChI=1S/C23H26N2OS3/c1-2-6-20-22(28-29-23(20)27)17-9-10-21(26)18(15-17)16-24-11-13-25(14-12-24)19-7-4-3-5-8-19/h3-5,7-10,15,26H,2,6,11-14,16H2,1H3. The van der Waals surface area contributed by atoms with Crippen LogP contribution in [-0.2, 0) is 13.0 Å². The Morgan fingerprint density at radius 2 is 1.76 bits per heavy atom. The van der Waals surface area contributed by atoms with Crippen LogP contribution in [-0.4, -0.2) is 36.2 Å². The first-order valence-corrected chi connectivity index (χ1v) is 12.7. The molecule has 0 saturated carbocycles. The lowest BCUT2D eigenvalue weighted by molar-refractivity contribution is 0.247. The summed E-state index contributed by atoms with van der Waals surface area (Å²) in [5.74, 6) is 0.384. The van der Waals surface area contributed by atoms with E-state index >= 15 is 0 Å². The van der Waals surface area contributed by atoms with Crippen LogP contribution in [0.1, 0.15) is 24.5 Å². The zero-order chi connectivity index (χ0) is 20.2. The van der Waals surface area contributed by atoms with Gasteiger partial charge in [-0.3, -0.25) is 4.90 Å². The summed E-state index contributed by atoms with van der Waals surface area (Å²) in [6.45, 7) is 6.99. The van der Waals surface area contributed by atoms with Gasteiger partial charge in [-0.2, -0.15) is 0 Å². The molecular weight excluding hydrogens is 416 g/mol. The fourth-order valence-electron chi connectivity index (χ4n) is 3.86. The lowest BCUT2D eigenvalue weighted by Crippen LogP contribution is -2.45. The first-order valence-electron chi connectivity index (χ1n) is 10.1. The number of piperazine rings is 1. The van der Waals surface area contributed by atoms with Crippen molar-refractivity contribution >= 4 is 38.6 Å². The summed E-state index contributed by atoms with van der Waals surface area (Å²) in [5, 5.41) is 10.5. The van der Waals surface area contributed by atoms with Gasteiger partial charge in [-0.15, -0.1) is 0 Å². The van der Waals surface area contributed by atoms with Gasteiger partial charge in [-0.05, 0) is 47.9 Å². The van der Waals surface area contributed by atoms with Crippen molar-refractivity contribution in [1.82, 2.24) is 4.90 Å². The minimum Gasteiger partial charge on any atom is -0.508 e. The van der Waals surface area contributed by atoms with Crippen molar-refractivity contribution in [3.8, 4) is 16.2 Å². The number of phenolic OH excluding ortho intramolecular Hbond substituents is 1. The van der Waals surface area contributed by atoms with Crippen molar-refractivity contribution in [2.75, 3.05) is 31.1 Å². The average molecular weight is 443 g/mol. The minimum absolute atomic E-state index is 0.384. The van der Waals surface area contributed by atoms with Gasteiger partial charge < -0.3 is 10.0 Å². The molecule has 3 aromatic rings. The molecule has 0 aliphatic carbocycles. The summed E-state index contributed by atoms with van der Waals surface area (Å²) < 4.78 is 1.01. The highest BCUT2D eigenvalue weighted by atomic mass is 32.9. The molecule has 1 N–H and O–H groups in total. The minimum atomic E-state index is 0.384. The molecule has 0 spiro atoms. The monoisotopic (exact) mass is 442 g/mol. The van der Waals surface area contributed by atoms with E-state index in [1.807, 2.05) is 12.1 Å². The molecule has 0 amide bonds. The van der Waals surface area contributed by atoms with Crippen LogP contribution in [0.3, 0.4) is 0 Å². The van der Waals surface area contributed by atoms with Crippen molar-refractivity contribution in [3.63, 3.8) is 0 Å². The second kappa shape index (κ2) is 9.39. The van der Waals surface area contributed by atoms with Crippen LogP contribution in [0.5, 0.6) is 5.75 Å². The van der Waals surface area contributed by atoms with Gasteiger partial charge in [0.1, 0.15) is 9.57 Å². The van der Waals surface area contributed by atoms with Gasteiger partial charge in [0.2, 0.25) is 0 Å². The summed E-state index contributed by atoms with van der Waals surface area (Å²) in [6.07, 6.45) is 2.11. The molecule has 2 heterocycles. The summed E-state index contributed by atoms with van der Waals surface area (Å²) in [4.78, 5) is 6.14. The molecule has 152 valence electrons. The van der Waals surface area contributed by atoms with Crippen LogP contribution >= 0.6 is 32.9 Å². The van der Waals surface area contributed by atoms with Crippen LogP contribution in [0.4, 0.5) is 5.69 Å². The number of rotatable bonds is 6. The average Bonchev–Trinajstić information content (AvgIpc) is 3.12. The largest absolute Gasteiger partial charge is 0.508 e. The van der Waals surface area contributed by atoms with Crippen LogP contribution < -0.4 is 4.90 Å². The van der Waals surface area contributed by atoms with Gasteiger partial charge in [-0.25, -0.2) is 0 Å². The highest BCUT2D eigenvalue weighted by molar-refractivity contribution is 7.80. The summed E-state index contributed by atoms with van der Waals surface area (Å²) in [7, 11) is 3.45. The van der Waals surface area contributed by atoms with Crippen molar-refractivity contribution in [2.24, 2.45) is 0 Å². The maximum absolute atomic E-state index is 10.5. The number of hydrogen-bond donors (Lipinski definition) is 1. The fourth-order valence-corrected chi connectivity index (χ4v) is 6.86. The molecule has 1 aliphatic rings. The molecule has 0 unspecified atom stereocenters. The van der Waals surface area contributed by atoms with Crippen LogP contribution in [0.15, 0.2) is 48.5 Å². The predicted octanol–water partition coefficient (Wildman–Crippen LogP) is 6.19. The topological polar surface area (TPSA) is 26.7 Å². The van der Waals surface area contributed by atoms with Crippen molar-refractivity contribution < 1.29 is 5.11 Å². The summed E-state index contributed by atoms with van der Waals surface area (Å²) >= 11 is 5.55. The number of nitrogens with zero attached hydrogens (tertiary/aromatic N) is 2. The van der Waals surface area contributed by atoms with E-state index < -0.39 is 0 Å². The second-order valence-corrected chi connectivity index (χ2v) is 10.3. The van der Waals surface area contributed by atoms with Gasteiger partial charge in [0, 0.05) is 44.0 Å². The Labute approximate surface area is 185 Å². The number of hydrogen-bond acceptors (Lipinski definition) is 6. The van der Waals surface area contributed by atoms with E-state index in [2.05, 4.69) is 53.1 Å². The quantitative estimate of drug-likeness (QED) is 0.364. The maximum Gasteiger partial charge on any atom is 0.120 e. The summed E-state index contributed by atoms with van der Waals surface area (Å²) in [5.41, 5.74) is 4.77. The number of anilines is 1. The zero-order valence-corrected chi connectivity index (χ0v) is 19.1. The highest BCUT2D eigenvalue weighted by Crippen LogP contribution is 2.37. The van der Waals surface area contributed by atoms with Crippen LogP contribution in [0.25, 0.3) is 10.4 Å². The van der Waals surface area contributed by atoms with E-state index in [4.69, 9.17) is 12.2 Å². The van der Waals surface area contributed by atoms with Crippen molar-refractivity contribution in [1.29, 1.82) is 0 Å². The molecule has 4 rings (SSSR count). The second-order valence-electron chi connectivity index (χ2n) is 7.45. The molecule has 1 fully saturated rings. The van der Waals surface area contributed by atoms with Crippen LogP contribution in [0.2, 0.25) is 0 Å². The molecular formula is C23H26N2OS3. The molecule has 2 aromatic carbocycles. The predicted molar refractivity (Wildman–Crippen MR) is 128 cm³/mol. The van der Waals surface area contributed by atoms with E-state index in [1.165, 1.54) is 21.7 Å². The normalized spacial score (nSPS) is 15.0. The Balaban J connectivity index is 1.47. The molecule has 1 saturated heterocycles. The number of phenols is 1. The van der Waals surface area contributed by atoms with Gasteiger partial charge in [0.05, 0.1) is 4.88 Å². The molecule has 6 heteroatoms. The molecule has 3 nitrogen and oxygen atoms in total. The SMILES string of the molecule is CCCc1c(-c2ccc(O)c(CN3CCN(c4ccccc4)CC3)c2)ssc1=S. The van der Waals surface area contributed by atoms with E-state index in [1.54, 1.807) is 20.7 Å². The van der Waals surface area contributed by atoms with E-state index in [0.717, 1.165) is 55.0 Å². The smallest absolute Gasteiger partial charge is 0.120 e. The van der Waals surface area contributed by atoms with E-state index in [0.29, 0.717) is 5.75 Å². The Kier molecular flexibility index (Phi) is 6.65. The lowest BCUT2D eigenvalue weighted by Gasteiger charge is -2.36. The molecule has 1 aromatic heterocycles. The number of para-hydroxylation sites is 1. The van der Waals surface area contributed by atoms with Gasteiger partial charge >= 0.3 is 0 Å². The highest BCUT2D eigenvalue weighted by Gasteiger charge is 2.19. The Morgan fingerprint density at radius 3 is 2.48 bits per heavy atom. The summed E-state index contributed by atoms with van der Waals surface area (Å²) in [6, 6.07) is 16.6. The van der Waals surface area contributed by atoms with E-state index in [9.17, 15) is 5.11 Å². The molecule has 1 aliphatic heterocycles. The third-order valence-corrected chi connectivity index (χ3v) is 8.64. The fraction of sp³-hybridized carbons (Fsp3) is 0.348. The number of benzene rings is 2. The first-order chi connectivity index (χ1) is 14.2. The zero-order valence-electron chi connectivity index (χ0n) is 16.6. The molecule has 0 atom stereocenters. The first kappa shape index (κ1) is 20.5. The van der Waals surface area contributed by atoms with Gasteiger partial charge in [-0.1, -0.05) is 64.4 Å².